The summed E-state index contributed by atoms with van der Waals surface area (Å²) in [5, 5.41) is 9.47. The largest absolute Gasteiger partial charge is 0.213 e. The number of aryl methyl sites for hydroxylation is 2. The second kappa shape index (κ2) is 6.56. The topological polar surface area (TPSA) is 27.7 Å². The monoisotopic (exact) mass is 388 g/mol. The van der Waals surface area contributed by atoms with Crippen LogP contribution in [0.5, 0.6) is 0 Å². The molecule has 4 rings (SSSR count). The maximum atomic E-state index is 9.47. The van der Waals surface area contributed by atoms with E-state index in [1.165, 1.54) is 6.07 Å². The van der Waals surface area contributed by atoms with E-state index in [2.05, 4.69) is 26.0 Å². The van der Waals surface area contributed by atoms with Gasteiger partial charge < -0.3 is 0 Å². The first-order valence-electron chi connectivity index (χ1n) is 13.2. The molecule has 0 spiro atoms. The maximum absolute atomic E-state index is 9.47. The van der Waals surface area contributed by atoms with Crippen LogP contribution in [0, 0.1) is 25.2 Å². The minimum atomic E-state index is -3.07. The molecule has 0 fully saturated rings. The zero-order valence-electron chi connectivity index (χ0n) is 24.4. The van der Waals surface area contributed by atoms with Crippen molar-refractivity contribution >= 4 is 0 Å². The third-order valence-corrected chi connectivity index (χ3v) is 6.24. The van der Waals surface area contributed by atoms with Crippen LogP contribution >= 0.6 is 0 Å². The number of nitriles is 1. The predicted molar refractivity (Wildman–Crippen MR) is 119 cm³/mol. The van der Waals surface area contributed by atoms with Gasteiger partial charge in [-0.05, 0) is 58.3 Å². The lowest BCUT2D eigenvalue weighted by molar-refractivity contribution is -0.666. The van der Waals surface area contributed by atoms with Crippen molar-refractivity contribution in [3.63, 3.8) is 0 Å². The van der Waals surface area contributed by atoms with Crippen LogP contribution < -0.4 is 4.57 Å². The molecule has 0 amide bonds. The SMILES string of the molecule is [2H]C([2H])([2H])C([2H])(c1cc(C)[n+](C)c(-c2c(C)ccc3c2C(C)(C)c2cc(C#N)ccc2-3)c1)C([2H])([2H])[2H]. The number of nitrogens with zero attached hydrogens (tertiary/aromatic N) is 2. The zero-order valence-corrected chi connectivity index (χ0v) is 17.4. The van der Waals surface area contributed by atoms with Crippen molar-refractivity contribution < 1.29 is 14.2 Å². The van der Waals surface area contributed by atoms with Gasteiger partial charge in [-0.3, -0.25) is 0 Å². The Morgan fingerprint density at radius 1 is 1.07 bits per heavy atom. The van der Waals surface area contributed by atoms with Crippen LogP contribution in [0.25, 0.3) is 22.4 Å². The predicted octanol–water partition coefficient (Wildman–Crippen LogP) is 6.10. The summed E-state index contributed by atoms with van der Waals surface area (Å²) >= 11 is 0. The molecule has 2 heteroatoms. The average molecular weight is 389 g/mol. The highest BCUT2D eigenvalue weighted by atomic mass is 14.9. The molecule has 1 aliphatic carbocycles. The molecule has 0 unspecified atom stereocenters. The van der Waals surface area contributed by atoms with Crippen molar-refractivity contribution in [2.75, 3.05) is 0 Å². The molecule has 3 aromatic rings. The van der Waals surface area contributed by atoms with Crippen molar-refractivity contribution in [3.8, 4) is 28.5 Å². The van der Waals surface area contributed by atoms with Crippen LogP contribution in [0.2, 0.25) is 0 Å². The molecule has 1 aromatic heterocycles. The minimum absolute atomic E-state index is 0.0646. The Balaban J connectivity index is 2.09. The quantitative estimate of drug-likeness (QED) is 0.488. The molecular formula is C27H29N2+. The van der Waals surface area contributed by atoms with Crippen molar-refractivity contribution in [1.29, 1.82) is 5.26 Å². The van der Waals surface area contributed by atoms with Gasteiger partial charge in [0.1, 0.15) is 7.05 Å². The first-order valence-corrected chi connectivity index (χ1v) is 9.67. The molecule has 0 atom stereocenters. The van der Waals surface area contributed by atoms with Crippen molar-refractivity contribution in [3.05, 3.63) is 76.0 Å². The Bertz CT molecular complexity index is 1430. The number of benzene rings is 2. The van der Waals surface area contributed by atoms with Gasteiger partial charge in [-0.1, -0.05) is 45.8 Å². The van der Waals surface area contributed by atoms with Gasteiger partial charge in [0.2, 0.25) is 5.69 Å². The second-order valence-corrected chi connectivity index (χ2v) is 8.38. The van der Waals surface area contributed by atoms with E-state index in [4.69, 9.17) is 9.60 Å². The summed E-state index contributed by atoms with van der Waals surface area (Å²) in [6, 6.07) is 15.0. The highest BCUT2D eigenvalue weighted by molar-refractivity contribution is 5.88. The molecule has 0 saturated heterocycles. The van der Waals surface area contributed by atoms with E-state index < -0.39 is 25.0 Å². The smallest absolute Gasteiger partial charge is 0.199 e. The van der Waals surface area contributed by atoms with Crippen LogP contribution in [0.1, 0.15) is 76.6 Å². The van der Waals surface area contributed by atoms with Crippen LogP contribution in [0.15, 0.2) is 42.5 Å². The van der Waals surface area contributed by atoms with Crippen molar-refractivity contribution in [2.24, 2.45) is 7.05 Å². The Morgan fingerprint density at radius 2 is 1.79 bits per heavy atom. The van der Waals surface area contributed by atoms with Gasteiger partial charge in [-0.2, -0.15) is 9.83 Å². The zero-order chi connectivity index (χ0) is 27.0. The summed E-state index contributed by atoms with van der Waals surface area (Å²) in [4.78, 5) is 0. The molecule has 29 heavy (non-hydrogen) atoms. The summed E-state index contributed by atoms with van der Waals surface area (Å²) in [5.41, 5.74) is 7.25. The normalized spacial score (nSPS) is 18.7. The van der Waals surface area contributed by atoms with Crippen molar-refractivity contribution in [1.82, 2.24) is 0 Å². The fourth-order valence-corrected chi connectivity index (χ4v) is 4.59. The number of fused-ring (bicyclic) bond motifs is 3. The van der Waals surface area contributed by atoms with Crippen LogP contribution in [-0.4, -0.2) is 0 Å². The van der Waals surface area contributed by atoms with Gasteiger partial charge in [0, 0.05) is 34.1 Å². The molecular weight excluding hydrogens is 352 g/mol. The van der Waals surface area contributed by atoms with Gasteiger partial charge in [-0.15, -0.1) is 0 Å². The highest BCUT2D eigenvalue weighted by Crippen LogP contribution is 2.52. The molecule has 146 valence electrons. The van der Waals surface area contributed by atoms with E-state index in [0.717, 1.165) is 33.4 Å². The standard InChI is InChI=1S/C27H29N2/c1-16(2)20-12-18(4)29(7)24(14-20)25-17(3)8-10-22-21-11-9-19(15-28)13-23(21)27(5,6)26(22)25/h8-14,16H,1-7H3/q+1/i1D3,2D3,16D. The first kappa shape index (κ1) is 12.6. The molecule has 0 N–H and O–H groups in total. The molecule has 0 bridgehead atoms. The average Bonchev–Trinajstić information content (AvgIpc) is 3.00. The molecule has 1 aliphatic rings. The van der Waals surface area contributed by atoms with Crippen LogP contribution in [0.4, 0.5) is 0 Å². The number of rotatable bonds is 2. The van der Waals surface area contributed by atoms with E-state index in [-0.39, 0.29) is 5.56 Å². The third-order valence-electron chi connectivity index (χ3n) is 6.24. The Kier molecular flexibility index (Phi) is 2.85. The molecule has 2 aromatic carbocycles. The third kappa shape index (κ3) is 2.80. The molecule has 1 heterocycles. The summed E-state index contributed by atoms with van der Waals surface area (Å²) < 4.78 is 58.6. The highest BCUT2D eigenvalue weighted by Gasteiger charge is 2.40. The van der Waals surface area contributed by atoms with Gasteiger partial charge in [0.25, 0.3) is 0 Å². The van der Waals surface area contributed by atoms with E-state index in [1.807, 2.05) is 36.7 Å². The van der Waals surface area contributed by atoms with Crippen LogP contribution in [-0.2, 0) is 12.5 Å². The van der Waals surface area contributed by atoms with E-state index in [0.29, 0.717) is 17.0 Å². The second-order valence-electron chi connectivity index (χ2n) is 8.38. The lowest BCUT2D eigenvalue weighted by Crippen LogP contribution is -2.36. The van der Waals surface area contributed by atoms with E-state index in [9.17, 15) is 5.26 Å². The number of hydrogen-bond acceptors (Lipinski definition) is 1. The summed E-state index contributed by atoms with van der Waals surface area (Å²) in [5.74, 6) is -2.79. The van der Waals surface area contributed by atoms with Gasteiger partial charge >= 0.3 is 0 Å². The lowest BCUT2D eigenvalue weighted by Gasteiger charge is -2.25. The van der Waals surface area contributed by atoms with Gasteiger partial charge in [0.15, 0.2) is 5.69 Å². The molecule has 2 nitrogen and oxygen atoms in total. The Hall–Kier alpha value is -2.92. The first-order chi connectivity index (χ1) is 16.5. The Labute approximate surface area is 184 Å². The molecule has 0 radical (unpaired) electrons. The fraction of sp³-hybridized carbons (Fsp3) is 0.333. The van der Waals surface area contributed by atoms with Crippen molar-refractivity contribution in [2.45, 2.75) is 52.7 Å². The number of hydrogen-bond donors (Lipinski definition) is 0. The minimum Gasteiger partial charge on any atom is -0.199 e. The van der Waals surface area contributed by atoms with Gasteiger partial charge in [0.05, 0.1) is 17.2 Å². The van der Waals surface area contributed by atoms with E-state index in [1.54, 1.807) is 19.1 Å². The number of aromatic nitrogens is 1. The lowest BCUT2D eigenvalue weighted by atomic mass is 9.78. The van der Waals surface area contributed by atoms with E-state index >= 15 is 0 Å². The Morgan fingerprint density at radius 3 is 2.48 bits per heavy atom. The maximum Gasteiger partial charge on any atom is 0.213 e. The van der Waals surface area contributed by atoms with Gasteiger partial charge in [-0.25, -0.2) is 0 Å². The summed E-state index contributed by atoms with van der Waals surface area (Å²) in [7, 11) is 1.85. The van der Waals surface area contributed by atoms with Crippen LogP contribution in [0.3, 0.4) is 0 Å². The molecule has 0 aliphatic heterocycles. The summed E-state index contributed by atoms with van der Waals surface area (Å²) in [6.45, 7) is 1.80. The number of pyridine rings is 1. The summed E-state index contributed by atoms with van der Waals surface area (Å²) in [6.07, 6.45) is 0. The fourth-order valence-electron chi connectivity index (χ4n) is 4.59. The molecule has 0 saturated carbocycles.